The first kappa shape index (κ1) is 9.65. The number of hydrogen-bond donors (Lipinski definition) is 3. The van der Waals surface area contributed by atoms with Crippen molar-refractivity contribution in [1.82, 2.24) is 5.32 Å². The SMILES string of the molecule is CC(=N)OC(=N)C12CC(C)CC(C1)N2. The van der Waals surface area contributed by atoms with Crippen molar-refractivity contribution in [1.29, 1.82) is 10.8 Å². The van der Waals surface area contributed by atoms with Gasteiger partial charge in [-0.25, -0.2) is 0 Å². The molecule has 4 nitrogen and oxygen atoms in total. The van der Waals surface area contributed by atoms with Crippen LogP contribution in [0.2, 0.25) is 0 Å². The highest BCUT2D eigenvalue weighted by molar-refractivity contribution is 5.94. The van der Waals surface area contributed by atoms with Crippen LogP contribution in [-0.4, -0.2) is 23.4 Å². The van der Waals surface area contributed by atoms with E-state index in [-0.39, 0.29) is 17.3 Å². The fraction of sp³-hybridized carbons (Fsp3) is 0.800. The van der Waals surface area contributed by atoms with E-state index in [0.717, 1.165) is 12.8 Å². The number of fused-ring (bicyclic) bond motifs is 2. The third-order valence-electron chi connectivity index (χ3n) is 3.15. The van der Waals surface area contributed by atoms with Crippen LogP contribution in [0.15, 0.2) is 0 Å². The highest BCUT2D eigenvalue weighted by atomic mass is 16.5. The molecule has 4 heteroatoms. The smallest absolute Gasteiger partial charge is 0.209 e. The van der Waals surface area contributed by atoms with E-state index >= 15 is 0 Å². The lowest BCUT2D eigenvalue weighted by Crippen LogP contribution is -2.72. The lowest BCUT2D eigenvalue weighted by atomic mass is 9.66. The van der Waals surface area contributed by atoms with Gasteiger partial charge in [0.1, 0.15) is 0 Å². The van der Waals surface area contributed by atoms with Gasteiger partial charge in [0, 0.05) is 13.0 Å². The summed E-state index contributed by atoms with van der Waals surface area (Å²) in [4.78, 5) is 0. The van der Waals surface area contributed by atoms with Gasteiger partial charge in [0.25, 0.3) is 0 Å². The van der Waals surface area contributed by atoms with E-state index < -0.39 is 0 Å². The minimum atomic E-state index is -0.245. The Hall–Kier alpha value is -0.900. The summed E-state index contributed by atoms with van der Waals surface area (Å²) in [5.41, 5.74) is -0.245. The predicted molar refractivity (Wildman–Crippen MR) is 54.9 cm³/mol. The molecule has 3 aliphatic rings. The number of rotatable bonds is 1. The molecule has 2 bridgehead atoms. The Bertz CT molecular complexity index is 281. The Morgan fingerprint density at radius 2 is 2.07 bits per heavy atom. The predicted octanol–water partition coefficient (Wildman–Crippen LogP) is 1.51. The molecule has 2 aliphatic heterocycles. The first-order chi connectivity index (χ1) is 6.52. The molecule has 2 saturated heterocycles. The second-order valence-electron chi connectivity index (χ2n) is 4.66. The molecule has 78 valence electrons. The summed E-state index contributed by atoms with van der Waals surface area (Å²) in [6.07, 6.45) is 3.18. The molecule has 1 saturated carbocycles. The van der Waals surface area contributed by atoms with Crippen molar-refractivity contribution >= 4 is 11.8 Å². The summed E-state index contributed by atoms with van der Waals surface area (Å²) in [6.45, 7) is 3.78. The van der Waals surface area contributed by atoms with E-state index in [1.54, 1.807) is 6.92 Å². The third kappa shape index (κ3) is 1.43. The largest absolute Gasteiger partial charge is 0.428 e. The number of piperidine rings is 1. The zero-order valence-corrected chi connectivity index (χ0v) is 8.68. The number of ether oxygens (including phenoxy) is 1. The molecule has 0 spiro atoms. The highest BCUT2D eigenvalue weighted by Crippen LogP contribution is 2.42. The molecule has 2 heterocycles. The average Bonchev–Trinajstić information content (AvgIpc) is 1.99. The van der Waals surface area contributed by atoms with Gasteiger partial charge in [0.15, 0.2) is 5.90 Å². The summed E-state index contributed by atoms with van der Waals surface area (Å²) in [7, 11) is 0. The monoisotopic (exact) mass is 195 g/mol. The van der Waals surface area contributed by atoms with Gasteiger partial charge in [-0.1, -0.05) is 6.92 Å². The van der Waals surface area contributed by atoms with Crippen LogP contribution in [0.1, 0.15) is 33.1 Å². The summed E-state index contributed by atoms with van der Waals surface area (Å²) in [5.74, 6) is 0.991. The van der Waals surface area contributed by atoms with Gasteiger partial charge in [-0.2, -0.15) is 0 Å². The van der Waals surface area contributed by atoms with E-state index in [0.29, 0.717) is 12.0 Å². The molecule has 0 aromatic rings. The van der Waals surface area contributed by atoms with Crippen LogP contribution < -0.4 is 5.32 Å². The molecule has 3 atom stereocenters. The number of hydrogen-bond acceptors (Lipinski definition) is 4. The number of nitrogens with one attached hydrogen (secondary N) is 3. The first-order valence-electron chi connectivity index (χ1n) is 5.11. The molecule has 0 aromatic heterocycles. The van der Waals surface area contributed by atoms with Crippen molar-refractivity contribution in [3.05, 3.63) is 0 Å². The van der Waals surface area contributed by atoms with Crippen molar-refractivity contribution in [2.45, 2.75) is 44.7 Å². The van der Waals surface area contributed by atoms with Gasteiger partial charge in [-0.15, -0.1) is 0 Å². The zero-order chi connectivity index (χ0) is 10.3. The van der Waals surface area contributed by atoms with Crippen molar-refractivity contribution in [3.63, 3.8) is 0 Å². The van der Waals surface area contributed by atoms with Crippen molar-refractivity contribution < 1.29 is 4.74 Å². The van der Waals surface area contributed by atoms with Gasteiger partial charge in [0.05, 0.1) is 5.54 Å². The van der Waals surface area contributed by atoms with E-state index in [1.807, 2.05) is 0 Å². The van der Waals surface area contributed by atoms with E-state index in [4.69, 9.17) is 15.6 Å². The van der Waals surface area contributed by atoms with Crippen LogP contribution in [-0.2, 0) is 4.74 Å². The van der Waals surface area contributed by atoms with Gasteiger partial charge in [-0.05, 0) is 25.2 Å². The second kappa shape index (κ2) is 3.05. The Morgan fingerprint density at radius 1 is 1.43 bits per heavy atom. The van der Waals surface area contributed by atoms with Crippen LogP contribution in [0.4, 0.5) is 0 Å². The van der Waals surface area contributed by atoms with Gasteiger partial charge in [0.2, 0.25) is 5.90 Å². The normalized spacial score (nSPS) is 39.9. The quantitative estimate of drug-likeness (QED) is 0.438. The third-order valence-corrected chi connectivity index (χ3v) is 3.15. The summed E-state index contributed by atoms with van der Waals surface area (Å²) in [5, 5.41) is 18.4. The lowest BCUT2D eigenvalue weighted by molar-refractivity contribution is 0.0781. The maximum atomic E-state index is 7.81. The zero-order valence-electron chi connectivity index (χ0n) is 8.68. The molecule has 0 radical (unpaired) electrons. The Balaban J connectivity index is 2.03. The molecule has 0 aromatic carbocycles. The van der Waals surface area contributed by atoms with E-state index in [2.05, 4.69) is 12.2 Å². The van der Waals surface area contributed by atoms with Crippen LogP contribution in [0.3, 0.4) is 0 Å². The topological polar surface area (TPSA) is 69.0 Å². The maximum Gasteiger partial charge on any atom is 0.209 e. The van der Waals surface area contributed by atoms with Crippen molar-refractivity contribution in [3.8, 4) is 0 Å². The summed E-state index contributed by atoms with van der Waals surface area (Å²) >= 11 is 0. The summed E-state index contributed by atoms with van der Waals surface area (Å²) in [6, 6.07) is 0.564. The Labute approximate surface area is 84.0 Å². The average molecular weight is 195 g/mol. The highest BCUT2D eigenvalue weighted by Gasteiger charge is 2.53. The molecule has 3 rings (SSSR count). The van der Waals surface area contributed by atoms with E-state index in [9.17, 15) is 0 Å². The molecule has 0 amide bonds. The molecule has 3 fully saturated rings. The maximum absolute atomic E-state index is 7.81. The van der Waals surface area contributed by atoms with Crippen LogP contribution in [0.25, 0.3) is 0 Å². The van der Waals surface area contributed by atoms with Gasteiger partial charge in [-0.3, -0.25) is 10.8 Å². The van der Waals surface area contributed by atoms with Gasteiger partial charge < -0.3 is 10.1 Å². The summed E-state index contributed by atoms with van der Waals surface area (Å²) < 4.78 is 5.08. The van der Waals surface area contributed by atoms with E-state index in [1.165, 1.54) is 6.42 Å². The first-order valence-corrected chi connectivity index (χ1v) is 5.11. The lowest BCUT2D eigenvalue weighted by Gasteiger charge is -2.54. The fourth-order valence-corrected chi connectivity index (χ4v) is 2.74. The fourth-order valence-electron chi connectivity index (χ4n) is 2.74. The van der Waals surface area contributed by atoms with Crippen LogP contribution in [0.5, 0.6) is 0 Å². The van der Waals surface area contributed by atoms with Crippen LogP contribution >= 0.6 is 0 Å². The standard InChI is InChI=1S/C10H17N3O/c1-6-3-8-5-10(4-6,13-8)9(12)14-7(2)11/h6,8,11-13H,3-5H2,1-2H3. The van der Waals surface area contributed by atoms with Crippen molar-refractivity contribution in [2.75, 3.05) is 0 Å². The molecule has 3 unspecified atom stereocenters. The minimum Gasteiger partial charge on any atom is -0.428 e. The molecule has 3 N–H and O–H groups in total. The molecular weight excluding hydrogens is 178 g/mol. The van der Waals surface area contributed by atoms with Gasteiger partial charge >= 0.3 is 0 Å². The minimum absolute atomic E-state index is 0.104. The van der Waals surface area contributed by atoms with Crippen LogP contribution in [0, 0.1) is 16.7 Å². The Kier molecular flexibility index (Phi) is 2.10. The molecular formula is C10H17N3O. The Morgan fingerprint density at radius 3 is 2.57 bits per heavy atom. The molecule has 1 aliphatic carbocycles. The second-order valence-corrected chi connectivity index (χ2v) is 4.66. The van der Waals surface area contributed by atoms with Crippen molar-refractivity contribution in [2.24, 2.45) is 5.92 Å². The molecule has 14 heavy (non-hydrogen) atoms.